The molecule has 0 spiro atoms. The van der Waals surface area contributed by atoms with Gasteiger partial charge in [-0.05, 0) is 35.7 Å². The fraction of sp³-hybridized carbons (Fsp3) is 0.0714. The highest BCUT2D eigenvalue weighted by Gasteiger charge is 2.08. The first-order chi connectivity index (χ1) is 8.16. The third-order valence-electron chi connectivity index (χ3n) is 2.56. The Kier molecular flexibility index (Phi) is 3.59. The molecule has 0 atom stereocenters. The maximum Gasteiger partial charge on any atom is 0.335 e. The number of halogens is 1. The molecule has 2 aromatic carbocycles. The molecule has 0 unspecified atom stereocenters. The lowest BCUT2D eigenvalue weighted by Gasteiger charge is -2.06. The van der Waals surface area contributed by atoms with Crippen LogP contribution in [0.3, 0.4) is 0 Å². The summed E-state index contributed by atoms with van der Waals surface area (Å²) >= 11 is 3.37. The highest BCUT2D eigenvalue weighted by molar-refractivity contribution is 9.10. The van der Waals surface area contributed by atoms with Gasteiger partial charge in [-0.15, -0.1) is 0 Å². The van der Waals surface area contributed by atoms with Crippen molar-refractivity contribution in [3.8, 4) is 0 Å². The standard InChI is InChI=1S/C14H11BrO2/c15-12-7-5-10(6-8-12)9-11-3-1-2-4-13(11)14(16)17/h1-8H,9H2,(H,16,17). The molecule has 17 heavy (non-hydrogen) atoms. The van der Waals surface area contributed by atoms with Crippen LogP contribution >= 0.6 is 15.9 Å². The van der Waals surface area contributed by atoms with Crippen LogP contribution in [0.15, 0.2) is 53.0 Å². The monoisotopic (exact) mass is 290 g/mol. The molecular formula is C14H11BrO2. The normalized spacial score (nSPS) is 10.2. The molecule has 0 aromatic heterocycles. The Labute approximate surface area is 108 Å². The van der Waals surface area contributed by atoms with Crippen molar-refractivity contribution in [3.05, 3.63) is 69.7 Å². The predicted octanol–water partition coefficient (Wildman–Crippen LogP) is 3.74. The minimum absolute atomic E-state index is 0.371. The van der Waals surface area contributed by atoms with Crippen LogP contribution in [0.4, 0.5) is 0 Å². The van der Waals surface area contributed by atoms with Crippen LogP contribution in [0.1, 0.15) is 21.5 Å². The van der Waals surface area contributed by atoms with E-state index in [1.807, 2.05) is 36.4 Å². The lowest BCUT2D eigenvalue weighted by molar-refractivity contribution is 0.0696. The molecule has 0 heterocycles. The van der Waals surface area contributed by atoms with E-state index in [0.717, 1.165) is 15.6 Å². The summed E-state index contributed by atoms with van der Waals surface area (Å²) in [6, 6.07) is 15.0. The fourth-order valence-electron chi connectivity index (χ4n) is 1.71. The Morgan fingerprint density at radius 3 is 2.35 bits per heavy atom. The first-order valence-electron chi connectivity index (χ1n) is 5.22. The second-order valence-corrected chi connectivity index (χ2v) is 4.68. The molecular weight excluding hydrogens is 280 g/mol. The molecule has 0 amide bonds. The molecule has 0 bridgehead atoms. The van der Waals surface area contributed by atoms with Gasteiger partial charge in [-0.2, -0.15) is 0 Å². The van der Waals surface area contributed by atoms with Crippen LogP contribution in [0.25, 0.3) is 0 Å². The molecule has 0 aliphatic heterocycles. The number of carbonyl (C=O) groups is 1. The van der Waals surface area contributed by atoms with E-state index >= 15 is 0 Å². The molecule has 86 valence electrons. The van der Waals surface area contributed by atoms with Crippen molar-refractivity contribution in [3.63, 3.8) is 0 Å². The Bertz CT molecular complexity index is 532. The zero-order chi connectivity index (χ0) is 12.3. The van der Waals surface area contributed by atoms with Crippen LogP contribution in [0, 0.1) is 0 Å². The van der Waals surface area contributed by atoms with Gasteiger partial charge >= 0.3 is 5.97 Å². The third-order valence-corrected chi connectivity index (χ3v) is 3.08. The Morgan fingerprint density at radius 2 is 1.71 bits per heavy atom. The first kappa shape index (κ1) is 11.9. The number of hydrogen-bond donors (Lipinski definition) is 1. The molecule has 1 N–H and O–H groups in total. The Hall–Kier alpha value is -1.61. The summed E-state index contributed by atoms with van der Waals surface area (Å²) in [5, 5.41) is 9.08. The van der Waals surface area contributed by atoms with Gasteiger partial charge in [-0.1, -0.05) is 46.3 Å². The van der Waals surface area contributed by atoms with Gasteiger partial charge in [0.15, 0.2) is 0 Å². The fourth-order valence-corrected chi connectivity index (χ4v) is 1.97. The summed E-state index contributed by atoms with van der Waals surface area (Å²) in [5.41, 5.74) is 2.31. The van der Waals surface area contributed by atoms with Crippen molar-refractivity contribution in [2.75, 3.05) is 0 Å². The van der Waals surface area contributed by atoms with Crippen molar-refractivity contribution < 1.29 is 9.90 Å². The molecule has 0 saturated carbocycles. The number of aromatic carboxylic acids is 1. The average molecular weight is 291 g/mol. The maximum atomic E-state index is 11.1. The summed E-state index contributed by atoms with van der Waals surface area (Å²) in [7, 11) is 0. The van der Waals surface area contributed by atoms with E-state index in [4.69, 9.17) is 5.11 Å². The van der Waals surface area contributed by atoms with Gasteiger partial charge in [-0.25, -0.2) is 4.79 Å². The number of hydrogen-bond acceptors (Lipinski definition) is 1. The van der Waals surface area contributed by atoms with Gasteiger partial charge in [0.1, 0.15) is 0 Å². The molecule has 2 rings (SSSR count). The van der Waals surface area contributed by atoms with E-state index < -0.39 is 5.97 Å². The largest absolute Gasteiger partial charge is 0.478 e. The Balaban J connectivity index is 2.30. The molecule has 0 aliphatic carbocycles. The average Bonchev–Trinajstić information content (AvgIpc) is 2.32. The van der Waals surface area contributed by atoms with E-state index in [1.54, 1.807) is 12.1 Å². The van der Waals surface area contributed by atoms with Gasteiger partial charge < -0.3 is 5.11 Å². The van der Waals surface area contributed by atoms with Gasteiger partial charge in [0, 0.05) is 4.47 Å². The smallest absolute Gasteiger partial charge is 0.335 e. The first-order valence-corrected chi connectivity index (χ1v) is 6.02. The Morgan fingerprint density at radius 1 is 1.06 bits per heavy atom. The van der Waals surface area contributed by atoms with Crippen molar-refractivity contribution >= 4 is 21.9 Å². The SMILES string of the molecule is O=C(O)c1ccccc1Cc1ccc(Br)cc1. The summed E-state index contributed by atoms with van der Waals surface area (Å²) in [6.45, 7) is 0. The van der Waals surface area contributed by atoms with Crippen LogP contribution in [-0.4, -0.2) is 11.1 Å². The van der Waals surface area contributed by atoms with Crippen LogP contribution < -0.4 is 0 Å². The van der Waals surface area contributed by atoms with Crippen LogP contribution in [0.5, 0.6) is 0 Å². The lowest BCUT2D eigenvalue weighted by atomic mass is 10.00. The van der Waals surface area contributed by atoms with E-state index in [0.29, 0.717) is 12.0 Å². The molecule has 2 aromatic rings. The third kappa shape index (κ3) is 2.94. The quantitative estimate of drug-likeness (QED) is 0.935. The molecule has 0 fully saturated rings. The highest BCUT2D eigenvalue weighted by Crippen LogP contribution is 2.16. The zero-order valence-electron chi connectivity index (χ0n) is 9.06. The van der Waals surface area contributed by atoms with Crippen LogP contribution in [-0.2, 0) is 6.42 Å². The molecule has 0 saturated heterocycles. The second kappa shape index (κ2) is 5.15. The van der Waals surface area contributed by atoms with Crippen molar-refractivity contribution in [2.45, 2.75) is 6.42 Å². The van der Waals surface area contributed by atoms with Gasteiger partial charge in [-0.3, -0.25) is 0 Å². The van der Waals surface area contributed by atoms with Crippen molar-refractivity contribution in [1.82, 2.24) is 0 Å². The van der Waals surface area contributed by atoms with Gasteiger partial charge in [0.25, 0.3) is 0 Å². The summed E-state index contributed by atoms with van der Waals surface area (Å²) < 4.78 is 1.02. The molecule has 0 radical (unpaired) electrons. The van der Waals surface area contributed by atoms with E-state index in [-0.39, 0.29) is 0 Å². The summed E-state index contributed by atoms with van der Waals surface area (Å²) in [5.74, 6) is -0.877. The van der Waals surface area contributed by atoms with E-state index in [1.165, 1.54) is 0 Å². The van der Waals surface area contributed by atoms with Crippen molar-refractivity contribution in [2.24, 2.45) is 0 Å². The van der Waals surface area contributed by atoms with E-state index in [9.17, 15) is 4.79 Å². The lowest BCUT2D eigenvalue weighted by Crippen LogP contribution is -2.02. The minimum Gasteiger partial charge on any atom is -0.478 e. The highest BCUT2D eigenvalue weighted by atomic mass is 79.9. The number of carboxylic acids is 1. The van der Waals surface area contributed by atoms with E-state index in [2.05, 4.69) is 15.9 Å². The summed E-state index contributed by atoms with van der Waals surface area (Å²) in [4.78, 5) is 11.1. The maximum absolute atomic E-state index is 11.1. The zero-order valence-corrected chi connectivity index (χ0v) is 10.6. The number of benzene rings is 2. The molecule has 3 heteroatoms. The second-order valence-electron chi connectivity index (χ2n) is 3.77. The van der Waals surface area contributed by atoms with Crippen molar-refractivity contribution in [1.29, 1.82) is 0 Å². The molecule has 2 nitrogen and oxygen atoms in total. The van der Waals surface area contributed by atoms with Crippen LogP contribution in [0.2, 0.25) is 0 Å². The van der Waals surface area contributed by atoms with Gasteiger partial charge in [0.2, 0.25) is 0 Å². The number of rotatable bonds is 3. The summed E-state index contributed by atoms with van der Waals surface area (Å²) in [6.07, 6.45) is 0.635. The minimum atomic E-state index is -0.877. The number of carboxylic acid groups (broad SMARTS) is 1. The van der Waals surface area contributed by atoms with Gasteiger partial charge in [0.05, 0.1) is 5.56 Å². The molecule has 0 aliphatic rings. The topological polar surface area (TPSA) is 37.3 Å². The predicted molar refractivity (Wildman–Crippen MR) is 70.3 cm³/mol.